The van der Waals surface area contributed by atoms with E-state index < -0.39 is 6.61 Å². The van der Waals surface area contributed by atoms with Crippen molar-refractivity contribution in [2.24, 2.45) is 0 Å². The number of halogens is 3. The fourth-order valence-corrected chi connectivity index (χ4v) is 2.58. The monoisotopic (exact) mass is 353 g/mol. The smallest absolute Gasteiger partial charge is 0.387 e. The van der Waals surface area contributed by atoms with E-state index in [2.05, 4.69) is 30.7 Å². The molecule has 0 spiro atoms. The normalized spacial score (nSPS) is 11.3. The van der Waals surface area contributed by atoms with Crippen molar-refractivity contribution in [1.82, 2.24) is 14.8 Å². The van der Waals surface area contributed by atoms with Crippen LogP contribution in [0.4, 0.5) is 8.78 Å². The standard InChI is InChI=1S/C14H10BrF2N3O/c1-8-12-3-2-4-18-13(12)20(19-8)10-5-9(15)6-11(7-10)21-14(16)17/h2-7,14H,1H3. The predicted octanol–water partition coefficient (Wildman–Crippen LogP) is 4.09. The van der Waals surface area contributed by atoms with E-state index >= 15 is 0 Å². The zero-order valence-corrected chi connectivity index (χ0v) is 12.5. The minimum atomic E-state index is -2.87. The molecule has 0 bridgehead atoms. The highest BCUT2D eigenvalue weighted by molar-refractivity contribution is 9.10. The molecule has 0 fully saturated rings. The van der Waals surface area contributed by atoms with Crippen molar-refractivity contribution in [3.63, 3.8) is 0 Å². The number of alkyl halides is 2. The lowest BCUT2D eigenvalue weighted by molar-refractivity contribution is -0.0498. The first-order valence-corrected chi connectivity index (χ1v) is 6.90. The number of pyridine rings is 1. The van der Waals surface area contributed by atoms with E-state index in [0.29, 0.717) is 15.8 Å². The van der Waals surface area contributed by atoms with E-state index in [-0.39, 0.29) is 5.75 Å². The highest BCUT2D eigenvalue weighted by Gasteiger charge is 2.12. The average molecular weight is 354 g/mol. The molecule has 3 rings (SSSR count). The molecule has 0 saturated heterocycles. The van der Waals surface area contributed by atoms with Crippen molar-refractivity contribution in [2.75, 3.05) is 0 Å². The summed E-state index contributed by atoms with van der Waals surface area (Å²) >= 11 is 3.28. The van der Waals surface area contributed by atoms with Crippen molar-refractivity contribution in [1.29, 1.82) is 0 Å². The van der Waals surface area contributed by atoms with Gasteiger partial charge in [0, 0.05) is 22.1 Å². The summed E-state index contributed by atoms with van der Waals surface area (Å²) in [5.41, 5.74) is 2.07. The van der Waals surface area contributed by atoms with Gasteiger partial charge in [0.2, 0.25) is 0 Å². The number of fused-ring (bicyclic) bond motifs is 1. The first-order valence-electron chi connectivity index (χ1n) is 6.11. The zero-order chi connectivity index (χ0) is 15.0. The third-order valence-electron chi connectivity index (χ3n) is 2.95. The number of hydrogen-bond acceptors (Lipinski definition) is 3. The Hall–Kier alpha value is -2.02. The van der Waals surface area contributed by atoms with Gasteiger partial charge in [-0.15, -0.1) is 0 Å². The maximum absolute atomic E-state index is 12.4. The average Bonchev–Trinajstić information content (AvgIpc) is 2.75. The molecular formula is C14H10BrF2N3O. The highest BCUT2D eigenvalue weighted by Crippen LogP contribution is 2.27. The van der Waals surface area contributed by atoms with Gasteiger partial charge < -0.3 is 4.74 Å². The Morgan fingerprint density at radius 2 is 2.10 bits per heavy atom. The molecule has 0 aliphatic heterocycles. The Morgan fingerprint density at radius 1 is 1.29 bits per heavy atom. The van der Waals surface area contributed by atoms with E-state index in [1.807, 2.05) is 19.1 Å². The molecular weight excluding hydrogens is 344 g/mol. The number of ether oxygens (including phenoxy) is 1. The molecule has 0 radical (unpaired) electrons. The van der Waals surface area contributed by atoms with Crippen molar-refractivity contribution in [3.8, 4) is 11.4 Å². The van der Waals surface area contributed by atoms with Gasteiger partial charge in [-0.3, -0.25) is 0 Å². The number of hydrogen-bond donors (Lipinski definition) is 0. The number of nitrogens with zero attached hydrogens (tertiary/aromatic N) is 3. The van der Waals surface area contributed by atoms with Gasteiger partial charge in [0.1, 0.15) is 5.75 Å². The number of rotatable bonds is 3. The molecule has 0 aliphatic carbocycles. The van der Waals surface area contributed by atoms with Crippen molar-refractivity contribution in [2.45, 2.75) is 13.5 Å². The van der Waals surface area contributed by atoms with Gasteiger partial charge >= 0.3 is 6.61 Å². The van der Waals surface area contributed by atoms with Crippen molar-refractivity contribution in [3.05, 3.63) is 46.7 Å². The fraction of sp³-hybridized carbons (Fsp3) is 0.143. The lowest BCUT2D eigenvalue weighted by atomic mass is 10.3. The minimum absolute atomic E-state index is 0.0617. The van der Waals surface area contributed by atoms with Gasteiger partial charge in [-0.1, -0.05) is 15.9 Å². The van der Waals surface area contributed by atoms with Gasteiger partial charge in [-0.05, 0) is 31.2 Å². The molecule has 0 N–H and O–H groups in total. The van der Waals surface area contributed by atoms with Crippen LogP contribution in [0, 0.1) is 6.92 Å². The van der Waals surface area contributed by atoms with Crippen LogP contribution in [0.1, 0.15) is 5.69 Å². The Kier molecular flexibility index (Phi) is 3.59. The first-order chi connectivity index (χ1) is 10.0. The van der Waals surface area contributed by atoms with Crippen LogP contribution < -0.4 is 4.74 Å². The third kappa shape index (κ3) is 2.73. The van der Waals surface area contributed by atoms with Crippen LogP contribution in [0.5, 0.6) is 5.75 Å². The molecule has 0 atom stereocenters. The SMILES string of the molecule is Cc1nn(-c2cc(Br)cc(OC(F)F)c2)c2ncccc12. The van der Waals surface area contributed by atoms with Crippen LogP contribution in [-0.2, 0) is 0 Å². The van der Waals surface area contributed by atoms with Crippen molar-refractivity contribution >= 4 is 27.0 Å². The minimum Gasteiger partial charge on any atom is -0.435 e. The number of aryl methyl sites for hydroxylation is 1. The zero-order valence-electron chi connectivity index (χ0n) is 10.9. The summed E-state index contributed by atoms with van der Waals surface area (Å²) < 4.78 is 31.4. The molecule has 3 aromatic rings. The quantitative estimate of drug-likeness (QED) is 0.711. The number of benzene rings is 1. The lowest BCUT2D eigenvalue weighted by Crippen LogP contribution is -2.04. The van der Waals surface area contributed by atoms with Crippen LogP contribution in [0.2, 0.25) is 0 Å². The molecule has 2 heterocycles. The van der Waals surface area contributed by atoms with E-state index in [0.717, 1.165) is 11.1 Å². The molecule has 0 aliphatic rings. The molecule has 7 heteroatoms. The molecule has 108 valence electrons. The first kappa shape index (κ1) is 13.9. The Labute approximate surface area is 127 Å². The van der Waals surface area contributed by atoms with E-state index in [4.69, 9.17) is 0 Å². The maximum Gasteiger partial charge on any atom is 0.387 e. The van der Waals surface area contributed by atoms with E-state index in [9.17, 15) is 8.78 Å². The van der Waals surface area contributed by atoms with Crippen molar-refractivity contribution < 1.29 is 13.5 Å². The summed E-state index contributed by atoms with van der Waals surface area (Å²) in [6.45, 7) is -1.00. The Balaban J connectivity index is 2.16. The Morgan fingerprint density at radius 3 is 2.86 bits per heavy atom. The van der Waals surface area contributed by atoms with Gasteiger partial charge in [0.25, 0.3) is 0 Å². The molecule has 0 unspecified atom stereocenters. The number of aromatic nitrogens is 3. The molecule has 21 heavy (non-hydrogen) atoms. The molecule has 0 saturated carbocycles. The van der Waals surface area contributed by atoms with Gasteiger partial charge in [0.05, 0.1) is 11.4 Å². The van der Waals surface area contributed by atoms with Crippen LogP contribution >= 0.6 is 15.9 Å². The van der Waals surface area contributed by atoms with E-state index in [1.54, 1.807) is 16.9 Å². The molecule has 2 aromatic heterocycles. The largest absolute Gasteiger partial charge is 0.435 e. The van der Waals surface area contributed by atoms with Crippen LogP contribution in [0.3, 0.4) is 0 Å². The topological polar surface area (TPSA) is 39.9 Å². The predicted molar refractivity (Wildman–Crippen MR) is 77.9 cm³/mol. The second kappa shape index (κ2) is 5.40. The third-order valence-corrected chi connectivity index (χ3v) is 3.41. The summed E-state index contributed by atoms with van der Waals surface area (Å²) in [6.07, 6.45) is 1.66. The second-order valence-electron chi connectivity index (χ2n) is 4.40. The molecule has 1 aromatic carbocycles. The summed E-state index contributed by atoms with van der Waals surface area (Å²) in [7, 11) is 0. The second-order valence-corrected chi connectivity index (χ2v) is 5.31. The van der Waals surface area contributed by atoms with E-state index in [1.165, 1.54) is 12.1 Å². The summed E-state index contributed by atoms with van der Waals surface area (Å²) in [5, 5.41) is 5.32. The van der Waals surface area contributed by atoms with Crippen LogP contribution in [0.15, 0.2) is 41.0 Å². The Bertz CT molecular complexity index is 804. The van der Waals surface area contributed by atoms with Gasteiger partial charge in [-0.2, -0.15) is 13.9 Å². The summed E-state index contributed by atoms with van der Waals surface area (Å²) in [6, 6.07) is 8.47. The van der Waals surface area contributed by atoms with Gasteiger partial charge in [-0.25, -0.2) is 9.67 Å². The summed E-state index contributed by atoms with van der Waals surface area (Å²) in [5.74, 6) is 0.0617. The molecule has 4 nitrogen and oxygen atoms in total. The maximum atomic E-state index is 12.4. The lowest BCUT2D eigenvalue weighted by Gasteiger charge is -2.08. The molecule has 0 amide bonds. The highest BCUT2D eigenvalue weighted by atomic mass is 79.9. The summed E-state index contributed by atoms with van der Waals surface area (Å²) in [4.78, 5) is 4.29. The fourth-order valence-electron chi connectivity index (χ4n) is 2.12. The van der Waals surface area contributed by atoms with Crippen LogP contribution in [-0.4, -0.2) is 21.4 Å². The van der Waals surface area contributed by atoms with Crippen LogP contribution in [0.25, 0.3) is 16.7 Å². The van der Waals surface area contributed by atoms with Gasteiger partial charge in [0.15, 0.2) is 5.65 Å².